The van der Waals surface area contributed by atoms with Gasteiger partial charge in [0.25, 0.3) is 0 Å². The van der Waals surface area contributed by atoms with Crippen molar-refractivity contribution >= 4 is 11.5 Å². The number of pyridine rings is 1. The van der Waals surface area contributed by atoms with Crippen molar-refractivity contribution in [2.75, 3.05) is 17.3 Å². The van der Waals surface area contributed by atoms with Gasteiger partial charge in [-0.15, -0.1) is 0 Å². The standard InChI is InChI=1S/C13H21N3/c1-4-11-6-5-10(2)16(11)12-7-8-15-13(9-12)14-3/h7-11H,4-6H2,1-3H3,(H,14,15). The van der Waals surface area contributed by atoms with Crippen LogP contribution in [0.2, 0.25) is 0 Å². The first-order chi connectivity index (χ1) is 7.76. The van der Waals surface area contributed by atoms with E-state index in [4.69, 9.17) is 0 Å². The fourth-order valence-electron chi connectivity index (χ4n) is 2.65. The van der Waals surface area contributed by atoms with E-state index in [0.717, 1.165) is 5.82 Å². The Kier molecular flexibility index (Phi) is 3.32. The molecule has 0 radical (unpaired) electrons. The third kappa shape index (κ3) is 1.99. The highest BCUT2D eigenvalue weighted by molar-refractivity contribution is 5.55. The lowest BCUT2D eigenvalue weighted by Gasteiger charge is -2.30. The van der Waals surface area contributed by atoms with Crippen molar-refractivity contribution in [2.24, 2.45) is 0 Å². The molecule has 3 heteroatoms. The smallest absolute Gasteiger partial charge is 0.127 e. The molecule has 0 amide bonds. The predicted molar refractivity (Wildman–Crippen MR) is 69.0 cm³/mol. The van der Waals surface area contributed by atoms with Gasteiger partial charge in [-0.25, -0.2) is 4.98 Å². The van der Waals surface area contributed by atoms with Crippen LogP contribution in [0.15, 0.2) is 18.3 Å². The molecule has 1 aliphatic heterocycles. The molecule has 2 atom stereocenters. The summed E-state index contributed by atoms with van der Waals surface area (Å²) in [6, 6.07) is 5.61. The molecule has 2 heterocycles. The lowest BCUT2D eigenvalue weighted by Crippen LogP contribution is -2.34. The number of hydrogen-bond donors (Lipinski definition) is 1. The van der Waals surface area contributed by atoms with E-state index in [1.54, 1.807) is 0 Å². The van der Waals surface area contributed by atoms with Gasteiger partial charge in [0, 0.05) is 37.1 Å². The molecule has 1 aromatic rings. The van der Waals surface area contributed by atoms with E-state index in [-0.39, 0.29) is 0 Å². The summed E-state index contributed by atoms with van der Waals surface area (Å²) in [5.41, 5.74) is 1.30. The molecule has 1 fully saturated rings. The van der Waals surface area contributed by atoms with Crippen LogP contribution in [-0.2, 0) is 0 Å². The summed E-state index contributed by atoms with van der Waals surface area (Å²) in [5.74, 6) is 0.950. The van der Waals surface area contributed by atoms with E-state index in [9.17, 15) is 0 Å². The topological polar surface area (TPSA) is 28.2 Å². The zero-order valence-corrected chi connectivity index (χ0v) is 10.4. The van der Waals surface area contributed by atoms with Crippen LogP contribution in [-0.4, -0.2) is 24.1 Å². The largest absolute Gasteiger partial charge is 0.373 e. The molecule has 2 rings (SSSR count). The van der Waals surface area contributed by atoms with E-state index in [0.29, 0.717) is 12.1 Å². The van der Waals surface area contributed by atoms with Crippen molar-refractivity contribution < 1.29 is 0 Å². The van der Waals surface area contributed by atoms with Crippen LogP contribution in [0, 0.1) is 0 Å². The van der Waals surface area contributed by atoms with Crippen LogP contribution in [0.25, 0.3) is 0 Å². The fraction of sp³-hybridized carbons (Fsp3) is 0.615. The Labute approximate surface area is 97.9 Å². The van der Waals surface area contributed by atoms with Gasteiger partial charge in [0.1, 0.15) is 5.82 Å². The number of aromatic nitrogens is 1. The Morgan fingerprint density at radius 2 is 2.31 bits per heavy atom. The minimum atomic E-state index is 0.650. The summed E-state index contributed by atoms with van der Waals surface area (Å²) < 4.78 is 0. The van der Waals surface area contributed by atoms with Gasteiger partial charge in [-0.1, -0.05) is 6.92 Å². The van der Waals surface area contributed by atoms with Crippen LogP contribution in [0.1, 0.15) is 33.1 Å². The first kappa shape index (κ1) is 11.2. The maximum absolute atomic E-state index is 4.27. The molecule has 3 nitrogen and oxygen atoms in total. The Hall–Kier alpha value is -1.25. The van der Waals surface area contributed by atoms with Gasteiger partial charge < -0.3 is 10.2 Å². The summed E-state index contributed by atoms with van der Waals surface area (Å²) >= 11 is 0. The number of anilines is 2. The molecule has 0 spiro atoms. The molecular formula is C13H21N3. The van der Waals surface area contributed by atoms with E-state index < -0.39 is 0 Å². The number of hydrogen-bond acceptors (Lipinski definition) is 3. The van der Waals surface area contributed by atoms with Gasteiger partial charge in [0.2, 0.25) is 0 Å². The molecule has 0 aromatic carbocycles. The second kappa shape index (κ2) is 4.73. The normalized spacial score (nSPS) is 24.8. The summed E-state index contributed by atoms with van der Waals surface area (Å²) in [6.07, 6.45) is 5.73. The van der Waals surface area contributed by atoms with Gasteiger partial charge in [-0.2, -0.15) is 0 Å². The Balaban J connectivity index is 2.27. The van der Waals surface area contributed by atoms with E-state index in [1.807, 2.05) is 13.2 Å². The zero-order valence-electron chi connectivity index (χ0n) is 10.4. The fourth-order valence-corrected chi connectivity index (χ4v) is 2.65. The predicted octanol–water partition coefficient (Wildman–Crippen LogP) is 2.89. The number of nitrogens with zero attached hydrogens (tertiary/aromatic N) is 2. The highest BCUT2D eigenvalue weighted by Crippen LogP contribution is 2.32. The molecule has 1 aromatic heterocycles. The Bertz CT molecular complexity index is 351. The van der Waals surface area contributed by atoms with Crippen LogP contribution >= 0.6 is 0 Å². The third-order valence-electron chi connectivity index (χ3n) is 3.55. The van der Waals surface area contributed by atoms with Crippen LogP contribution < -0.4 is 10.2 Å². The van der Waals surface area contributed by atoms with E-state index >= 15 is 0 Å². The molecule has 0 aliphatic carbocycles. The molecule has 88 valence electrons. The van der Waals surface area contributed by atoms with Crippen molar-refractivity contribution in [3.63, 3.8) is 0 Å². The van der Waals surface area contributed by atoms with Crippen LogP contribution in [0.5, 0.6) is 0 Å². The van der Waals surface area contributed by atoms with Gasteiger partial charge in [0.05, 0.1) is 0 Å². The number of rotatable bonds is 3. The van der Waals surface area contributed by atoms with Gasteiger partial charge in [0.15, 0.2) is 0 Å². The van der Waals surface area contributed by atoms with Crippen molar-refractivity contribution in [3.8, 4) is 0 Å². The molecular weight excluding hydrogens is 198 g/mol. The molecule has 0 saturated carbocycles. The average Bonchev–Trinajstić information content (AvgIpc) is 2.70. The lowest BCUT2D eigenvalue weighted by molar-refractivity contribution is 0.628. The third-order valence-corrected chi connectivity index (χ3v) is 3.55. The minimum absolute atomic E-state index is 0.650. The second-order valence-electron chi connectivity index (χ2n) is 4.54. The maximum atomic E-state index is 4.27. The second-order valence-corrected chi connectivity index (χ2v) is 4.54. The van der Waals surface area contributed by atoms with Crippen molar-refractivity contribution in [3.05, 3.63) is 18.3 Å². The SMILES string of the molecule is CCC1CCC(C)N1c1ccnc(NC)c1. The summed E-state index contributed by atoms with van der Waals surface area (Å²) in [7, 11) is 1.91. The van der Waals surface area contributed by atoms with Crippen molar-refractivity contribution in [2.45, 2.75) is 45.2 Å². The lowest BCUT2D eigenvalue weighted by atomic mass is 10.1. The molecule has 1 saturated heterocycles. The van der Waals surface area contributed by atoms with Crippen molar-refractivity contribution in [1.82, 2.24) is 4.98 Å². The molecule has 2 unspecified atom stereocenters. The molecule has 16 heavy (non-hydrogen) atoms. The van der Waals surface area contributed by atoms with Gasteiger partial charge in [-0.3, -0.25) is 0 Å². The average molecular weight is 219 g/mol. The van der Waals surface area contributed by atoms with Gasteiger partial charge in [-0.05, 0) is 32.3 Å². The van der Waals surface area contributed by atoms with E-state index in [1.165, 1.54) is 24.9 Å². The van der Waals surface area contributed by atoms with Crippen LogP contribution in [0.3, 0.4) is 0 Å². The minimum Gasteiger partial charge on any atom is -0.373 e. The monoisotopic (exact) mass is 219 g/mol. The zero-order chi connectivity index (χ0) is 11.5. The summed E-state index contributed by atoms with van der Waals surface area (Å²) in [6.45, 7) is 4.59. The first-order valence-electron chi connectivity index (χ1n) is 6.18. The molecule has 1 aliphatic rings. The van der Waals surface area contributed by atoms with E-state index in [2.05, 4.69) is 41.2 Å². The highest BCUT2D eigenvalue weighted by atomic mass is 15.2. The molecule has 1 N–H and O–H groups in total. The quantitative estimate of drug-likeness (QED) is 0.847. The van der Waals surface area contributed by atoms with Crippen molar-refractivity contribution in [1.29, 1.82) is 0 Å². The summed E-state index contributed by atoms with van der Waals surface area (Å²) in [4.78, 5) is 6.81. The maximum Gasteiger partial charge on any atom is 0.127 e. The van der Waals surface area contributed by atoms with Gasteiger partial charge >= 0.3 is 0 Å². The molecule has 0 bridgehead atoms. The number of nitrogens with one attached hydrogen (secondary N) is 1. The van der Waals surface area contributed by atoms with Crippen LogP contribution in [0.4, 0.5) is 11.5 Å². The Morgan fingerprint density at radius 3 is 3.00 bits per heavy atom. The highest BCUT2D eigenvalue weighted by Gasteiger charge is 2.29. The first-order valence-corrected chi connectivity index (χ1v) is 6.18. The Morgan fingerprint density at radius 1 is 1.50 bits per heavy atom. The summed E-state index contributed by atoms with van der Waals surface area (Å²) in [5, 5.41) is 3.10.